The van der Waals surface area contributed by atoms with E-state index >= 15 is 0 Å². The molecule has 0 aromatic carbocycles. The minimum absolute atomic E-state index is 0.379. The number of hydrogen-bond acceptors (Lipinski definition) is 3. The molecule has 2 fully saturated rings. The van der Waals surface area contributed by atoms with E-state index in [1.165, 1.54) is 32.4 Å². The Balaban J connectivity index is 1.75. The molecule has 3 heteroatoms. The Morgan fingerprint density at radius 3 is 2.42 bits per heavy atom. The highest BCUT2D eigenvalue weighted by Crippen LogP contribution is 2.37. The van der Waals surface area contributed by atoms with Gasteiger partial charge in [0.1, 0.15) is 0 Å². The summed E-state index contributed by atoms with van der Waals surface area (Å²) >= 11 is 0. The van der Waals surface area contributed by atoms with Gasteiger partial charge in [-0.1, -0.05) is 20.8 Å². The molecule has 2 saturated heterocycles. The first-order chi connectivity index (χ1) is 9.11. The van der Waals surface area contributed by atoms with Crippen LogP contribution in [-0.4, -0.2) is 39.5 Å². The highest BCUT2D eigenvalue weighted by Gasteiger charge is 2.34. The molecule has 1 atom stereocenters. The summed E-state index contributed by atoms with van der Waals surface area (Å²) in [6.45, 7) is 13.0. The third-order valence-corrected chi connectivity index (χ3v) is 4.80. The van der Waals surface area contributed by atoms with Crippen molar-refractivity contribution in [2.45, 2.75) is 40.0 Å². The zero-order valence-corrected chi connectivity index (χ0v) is 12.9. The minimum Gasteiger partial charge on any atom is -0.381 e. The lowest BCUT2D eigenvalue weighted by molar-refractivity contribution is -0.0589. The summed E-state index contributed by atoms with van der Waals surface area (Å²) in [5, 5.41) is 3.34. The Labute approximate surface area is 118 Å². The van der Waals surface area contributed by atoms with Crippen molar-refractivity contribution in [2.75, 3.05) is 39.5 Å². The quantitative estimate of drug-likeness (QED) is 0.771. The van der Waals surface area contributed by atoms with Gasteiger partial charge in [0.25, 0.3) is 0 Å². The highest BCUT2D eigenvalue weighted by molar-refractivity contribution is 4.84. The summed E-state index contributed by atoms with van der Waals surface area (Å²) < 4.78 is 11.6. The molecule has 112 valence electrons. The number of nitrogens with one attached hydrogen (secondary N) is 1. The molecule has 2 aliphatic rings. The highest BCUT2D eigenvalue weighted by atomic mass is 16.5. The van der Waals surface area contributed by atoms with Gasteiger partial charge in [0.2, 0.25) is 0 Å². The van der Waals surface area contributed by atoms with Crippen molar-refractivity contribution in [1.82, 2.24) is 5.32 Å². The molecule has 2 rings (SSSR count). The van der Waals surface area contributed by atoms with Crippen molar-refractivity contribution >= 4 is 0 Å². The minimum atomic E-state index is 0.379. The van der Waals surface area contributed by atoms with Gasteiger partial charge in [-0.25, -0.2) is 0 Å². The molecular weight excluding hydrogens is 238 g/mol. The van der Waals surface area contributed by atoms with E-state index in [-0.39, 0.29) is 0 Å². The van der Waals surface area contributed by atoms with Crippen LogP contribution in [0.25, 0.3) is 0 Å². The van der Waals surface area contributed by atoms with Crippen molar-refractivity contribution in [3.05, 3.63) is 0 Å². The van der Waals surface area contributed by atoms with Gasteiger partial charge in [0, 0.05) is 19.8 Å². The van der Waals surface area contributed by atoms with Crippen molar-refractivity contribution < 1.29 is 9.47 Å². The summed E-state index contributed by atoms with van der Waals surface area (Å²) in [4.78, 5) is 0. The van der Waals surface area contributed by atoms with Crippen LogP contribution in [0.3, 0.4) is 0 Å². The maximum absolute atomic E-state index is 6.11. The van der Waals surface area contributed by atoms with Crippen LogP contribution in [0.5, 0.6) is 0 Å². The topological polar surface area (TPSA) is 30.5 Å². The Kier molecular flexibility index (Phi) is 5.67. The second-order valence-corrected chi connectivity index (χ2v) is 7.12. The van der Waals surface area contributed by atoms with Crippen LogP contribution >= 0.6 is 0 Å². The van der Waals surface area contributed by atoms with Gasteiger partial charge in [-0.3, -0.25) is 0 Å². The van der Waals surface area contributed by atoms with Crippen molar-refractivity contribution in [3.63, 3.8) is 0 Å². The van der Waals surface area contributed by atoms with E-state index in [0.29, 0.717) is 11.3 Å². The van der Waals surface area contributed by atoms with E-state index in [1.807, 2.05) is 0 Å². The number of ether oxygens (including phenoxy) is 2. The van der Waals surface area contributed by atoms with E-state index in [9.17, 15) is 0 Å². The molecule has 0 radical (unpaired) electrons. The molecule has 0 aromatic rings. The lowest BCUT2D eigenvalue weighted by Gasteiger charge is -2.39. The standard InChI is InChI=1S/C16H31NO2/c1-13(2)8-16(4-6-18-7-5-16)12-19-11-14(3)15-9-17-10-15/h13-15,17H,4-12H2,1-3H3/t14-/m0/s1. The Bertz CT molecular complexity index is 257. The first kappa shape index (κ1) is 15.3. The third kappa shape index (κ3) is 4.44. The maximum atomic E-state index is 6.11. The van der Waals surface area contributed by atoms with Gasteiger partial charge < -0.3 is 14.8 Å². The summed E-state index contributed by atoms with van der Waals surface area (Å²) in [7, 11) is 0. The Morgan fingerprint density at radius 1 is 1.21 bits per heavy atom. The van der Waals surface area contributed by atoms with Gasteiger partial charge in [0.15, 0.2) is 0 Å². The van der Waals surface area contributed by atoms with Gasteiger partial charge in [-0.05, 0) is 55.5 Å². The summed E-state index contributed by atoms with van der Waals surface area (Å²) in [5.74, 6) is 2.27. The molecule has 0 saturated carbocycles. The zero-order chi connectivity index (χ0) is 13.7. The molecule has 0 spiro atoms. The fraction of sp³-hybridized carbons (Fsp3) is 1.00. The largest absolute Gasteiger partial charge is 0.381 e. The third-order valence-electron chi connectivity index (χ3n) is 4.80. The monoisotopic (exact) mass is 269 g/mol. The smallest absolute Gasteiger partial charge is 0.0524 e. The average molecular weight is 269 g/mol. The van der Waals surface area contributed by atoms with Crippen molar-refractivity contribution in [2.24, 2.45) is 23.2 Å². The van der Waals surface area contributed by atoms with E-state index < -0.39 is 0 Å². The fourth-order valence-corrected chi connectivity index (χ4v) is 3.39. The number of rotatable bonds is 7. The molecule has 0 amide bonds. The maximum Gasteiger partial charge on any atom is 0.0524 e. The fourth-order valence-electron chi connectivity index (χ4n) is 3.39. The second kappa shape index (κ2) is 7.05. The molecule has 1 N–H and O–H groups in total. The molecule has 19 heavy (non-hydrogen) atoms. The summed E-state index contributed by atoms with van der Waals surface area (Å²) in [6, 6.07) is 0. The summed E-state index contributed by atoms with van der Waals surface area (Å²) in [6.07, 6.45) is 3.62. The average Bonchev–Trinajstić information content (AvgIpc) is 2.26. The molecule has 0 unspecified atom stereocenters. The Hall–Kier alpha value is -0.120. The predicted octanol–water partition coefficient (Wildman–Crippen LogP) is 2.70. The number of hydrogen-bond donors (Lipinski definition) is 1. The zero-order valence-electron chi connectivity index (χ0n) is 12.9. The van der Waals surface area contributed by atoms with E-state index in [2.05, 4.69) is 26.1 Å². The van der Waals surface area contributed by atoms with Crippen LogP contribution in [0.2, 0.25) is 0 Å². The molecular formula is C16H31NO2. The molecule has 0 bridgehead atoms. The van der Waals surface area contributed by atoms with E-state index in [4.69, 9.17) is 9.47 Å². The molecule has 2 aliphatic heterocycles. The summed E-state index contributed by atoms with van der Waals surface area (Å²) in [5.41, 5.74) is 0.379. The Morgan fingerprint density at radius 2 is 1.89 bits per heavy atom. The van der Waals surface area contributed by atoms with Gasteiger partial charge in [-0.2, -0.15) is 0 Å². The van der Waals surface area contributed by atoms with Crippen LogP contribution in [0.4, 0.5) is 0 Å². The van der Waals surface area contributed by atoms with Crippen LogP contribution in [0, 0.1) is 23.2 Å². The van der Waals surface area contributed by atoms with Crippen LogP contribution in [0.1, 0.15) is 40.0 Å². The van der Waals surface area contributed by atoms with Gasteiger partial charge >= 0.3 is 0 Å². The van der Waals surface area contributed by atoms with Crippen molar-refractivity contribution in [3.8, 4) is 0 Å². The molecule has 0 aromatic heterocycles. The van der Waals surface area contributed by atoms with Crippen LogP contribution in [0.15, 0.2) is 0 Å². The van der Waals surface area contributed by atoms with E-state index in [0.717, 1.165) is 38.3 Å². The van der Waals surface area contributed by atoms with Gasteiger partial charge in [-0.15, -0.1) is 0 Å². The van der Waals surface area contributed by atoms with Crippen LogP contribution < -0.4 is 5.32 Å². The van der Waals surface area contributed by atoms with Gasteiger partial charge in [0.05, 0.1) is 6.61 Å². The van der Waals surface area contributed by atoms with Crippen molar-refractivity contribution in [1.29, 1.82) is 0 Å². The van der Waals surface area contributed by atoms with Crippen LogP contribution in [-0.2, 0) is 9.47 Å². The first-order valence-corrected chi connectivity index (χ1v) is 7.97. The normalized spacial score (nSPS) is 25.3. The molecule has 3 nitrogen and oxygen atoms in total. The second-order valence-electron chi connectivity index (χ2n) is 7.12. The first-order valence-electron chi connectivity index (χ1n) is 7.97. The molecule has 0 aliphatic carbocycles. The molecule has 2 heterocycles. The predicted molar refractivity (Wildman–Crippen MR) is 78.3 cm³/mol. The van der Waals surface area contributed by atoms with E-state index in [1.54, 1.807) is 0 Å². The lowest BCUT2D eigenvalue weighted by atomic mass is 9.75. The lowest BCUT2D eigenvalue weighted by Crippen LogP contribution is -2.46. The SMILES string of the molecule is CC(C)CC1(COC[C@H](C)C2CNC2)CCOCC1.